The Bertz CT molecular complexity index is 1200. The first-order valence-corrected chi connectivity index (χ1v) is 10.6. The largest absolute Gasteiger partial charge is 0.324 e. The van der Waals surface area contributed by atoms with Crippen LogP contribution < -0.4 is 10.9 Å². The molecule has 2 atom stereocenters. The van der Waals surface area contributed by atoms with E-state index >= 15 is 0 Å². The summed E-state index contributed by atoms with van der Waals surface area (Å²) in [5.41, 5.74) is 3.89. The molecule has 2 aliphatic rings. The van der Waals surface area contributed by atoms with Crippen LogP contribution in [0.5, 0.6) is 0 Å². The number of nitrogens with one attached hydrogen (secondary N) is 1. The molecule has 2 aromatic carbocycles. The molecule has 3 aromatic rings. The molecule has 5 rings (SSSR count). The van der Waals surface area contributed by atoms with Gasteiger partial charge < -0.3 is 14.8 Å². The van der Waals surface area contributed by atoms with Crippen molar-refractivity contribution in [3.8, 4) is 11.1 Å². The van der Waals surface area contributed by atoms with Crippen molar-refractivity contribution in [1.82, 2.24) is 9.47 Å². The van der Waals surface area contributed by atoms with Gasteiger partial charge in [-0.3, -0.25) is 4.79 Å². The van der Waals surface area contributed by atoms with Crippen LogP contribution in [0.3, 0.4) is 0 Å². The summed E-state index contributed by atoms with van der Waals surface area (Å²) in [5.74, 6) is -0.126. The molecule has 3 heterocycles. The van der Waals surface area contributed by atoms with Gasteiger partial charge in [0.05, 0.1) is 0 Å². The first-order chi connectivity index (χ1) is 15.0. The number of benzene rings is 2. The van der Waals surface area contributed by atoms with E-state index in [9.17, 15) is 14.0 Å². The fourth-order valence-electron chi connectivity index (χ4n) is 4.93. The van der Waals surface area contributed by atoms with Crippen molar-refractivity contribution < 1.29 is 9.18 Å². The zero-order chi connectivity index (χ0) is 21.5. The van der Waals surface area contributed by atoms with E-state index in [1.54, 1.807) is 28.8 Å². The van der Waals surface area contributed by atoms with E-state index in [2.05, 4.69) is 5.32 Å². The lowest BCUT2D eigenvalue weighted by atomic mass is 9.80. The van der Waals surface area contributed by atoms with E-state index in [1.165, 1.54) is 12.1 Å². The van der Waals surface area contributed by atoms with Gasteiger partial charge in [-0.2, -0.15) is 0 Å². The monoisotopic (exact) mass is 417 g/mol. The molecule has 0 saturated carbocycles. The van der Waals surface area contributed by atoms with Crippen molar-refractivity contribution in [2.75, 3.05) is 18.4 Å². The summed E-state index contributed by atoms with van der Waals surface area (Å²) in [4.78, 5) is 27.4. The number of carbonyl (C=O) groups excluding carboxylic acids is 1. The van der Waals surface area contributed by atoms with Crippen molar-refractivity contribution >= 4 is 11.7 Å². The molecule has 2 unspecified atom stereocenters. The number of carbonyl (C=O) groups is 1. The maximum Gasteiger partial charge on any atom is 0.321 e. The molecular weight excluding hydrogens is 393 g/mol. The van der Waals surface area contributed by atoms with Gasteiger partial charge in [0.1, 0.15) is 5.82 Å². The highest BCUT2D eigenvalue weighted by Gasteiger charge is 2.38. The first-order valence-electron chi connectivity index (χ1n) is 10.6. The van der Waals surface area contributed by atoms with Gasteiger partial charge in [-0.05, 0) is 43.5 Å². The van der Waals surface area contributed by atoms with Crippen molar-refractivity contribution in [1.29, 1.82) is 0 Å². The first kappa shape index (κ1) is 19.5. The highest BCUT2D eigenvalue weighted by Crippen LogP contribution is 2.40. The zero-order valence-electron chi connectivity index (χ0n) is 17.3. The van der Waals surface area contributed by atoms with E-state index < -0.39 is 0 Å². The molecule has 0 spiro atoms. The normalized spacial score (nSPS) is 19.6. The average Bonchev–Trinajstić information content (AvgIpc) is 2.76. The fraction of sp³-hybridized carbons (Fsp3) is 0.280. The number of fused-ring (bicyclic) bond motifs is 4. The number of nitrogens with zero attached hydrogens (tertiary/aromatic N) is 2. The number of aryl methyl sites for hydroxylation is 1. The summed E-state index contributed by atoms with van der Waals surface area (Å²) >= 11 is 0. The average molecular weight is 417 g/mol. The van der Waals surface area contributed by atoms with Gasteiger partial charge in [-0.25, -0.2) is 9.18 Å². The van der Waals surface area contributed by atoms with Gasteiger partial charge in [0.2, 0.25) is 0 Å². The number of anilines is 1. The highest BCUT2D eigenvalue weighted by atomic mass is 19.1. The van der Waals surface area contributed by atoms with Gasteiger partial charge in [-0.1, -0.05) is 35.9 Å². The summed E-state index contributed by atoms with van der Waals surface area (Å²) in [7, 11) is 0. The van der Waals surface area contributed by atoms with Crippen LogP contribution >= 0.6 is 0 Å². The molecule has 1 saturated heterocycles. The Labute approximate surface area is 180 Å². The minimum Gasteiger partial charge on any atom is -0.324 e. The maximum absolute atomic E-state index is 14.6. The van der Waals surface area contributed by atoms with Crippen LogP contribution in [0.25, 0.3) is 11.1 Å². The number of amides is 2. The summed E-state index contributed by atoms with van der Waals surface area (Å²) in [6.07, 6.45) is 0.888. The van der Waals surface area contributed by atoms with Gasteiger partial charge in [-0.15, -0.1) is 0 Å². The summed E-state index contributed by atoms with van der Waals surface area (Å²) in [6.45, 7) is 3.65. The minimum atomic E-state index is -0.309. The quantitative estimate of drug-likeness (QED) is 0.662. The smallest absolute Gasteiger partial charge is 0.321 e. The Balaban J connectivity index is 1.47. The third-order valence-corrected chi connectivity index (χ3v) is 6.34. The number of halogens is 1. The lowest BCUT2D eigenvalue weighted by Crippen LogP contribution is -2.50. The fourth-order valence-corrected chi connectivity index (χ4v) is 4.93. The van der Waals surface area contributed by atoms with E-state index in [0.29, 0.717) is 25.2 Å². The predicted molar refractivity (Wildman–Crippen MR) is 119 cm³/mol. The number of urea groups is 1. The number of likely N-dealkylation sites (tertiary alicyclic amines) is 1. The van der Waals surface area contributed by atoms with Gasteiger partial charge in [0, 0.05) is 54.1 Å². The molecule has 1 aromatic heterocycles. The van der Waals surface area contributed by atoms with E-state index in [-0.39, 0.29) is 29.2 Å². The number of piperidine rings is 1. The van der Waals surface area contributed by atoms with Crippen LogP contribution in [0.1, 0.15) is 23.6 Å². The Morgan fingerprint density at radius 3 is 2.52 bits per heavy atom. The summed E-state index contributed by atoms with van der Waals surface area (Å²) in [5, 5.41) is 2.98. The number of pyridine rings is 1. The summed E-state index contributed by atoms with van der Waals surface area (Å²) in [6, 6.07) is 17.4. The third-order valence-electron chi connectivity index (χ3n) is 6.34. The SMILES string of the molecule is Cc1ccc(NC(=O)N2CC3CC(C2)c2c(-c4ccccc4F)ccc(=O)n2C3)cc1. The lowest BCUT2D eigenvalue weighted by molar-refractivity contribution is 0.140. The number of hydrogen-bond donors (Lipinski definition) is 1. The van der Waals surface area contributed by atoms with Crippen LogP contribution in [0.2, 0.25) is 0 Å². The molecule has 31 heavy (non-hydrogen) atoms. The Morgan fingerprint density at radius 1 is 0.968 bits per heavy atom. The van der Waals surface area contributed by atoms with E-state index in [4.69, 9.17) is 0 Å². The standard InChI is InChI=1S/C25H24FN3O2/c1-16-6-8-19(9-7-16)27-25(31)28-13-17-12-18(15-28)24-21(10-11-23(30)29(24)14-17)20-4-2-3-5-22(20)26/h2-11,17-18H,12-15H2,1H3,(H,27,31). The summed E-state index contributed by atoms with van der Waals surface area (Å²) < 4.78 is 16.4. The molecule has 2 aliphatic heterocycles. The van der Waals surface area contributed by atoms with Crippen LogP contribution in [-0.4, -0.2) is 28.6 Å². The Morgan fingerprint density at radius 2 is 1.74 bits per heavy atom. The third kappa shape index (κ3) is 3.63. The van der Waals surface area contributed by atoms with Crippen LogP contribution in [0.15, 0.2) is 65.5 Å². The lowest BCUT2D eigenvalue weighted by Gasteiger charge is -2.43. The van der Waals surface area contributed by atoms with Crippen LogP contribution in [0.4, 0.5) is 14.9 Å². The highest BCUT2D eigenvalue weighted by molar-refractivity contribution is 5.89. The Hall–Kier alpha value is -3.41. The van der Waals surface area contributed by atoms with Crippen molar-refractivity contribution in [3.63, 3.8) is 0 Å². The maximum atomic E-state index is 14.6. The molecule has 0 aliphatic carbocycles. The number of rotatable bonds is 2. The molecule has 1 fully saturated rings. The second kappa shape index (κ2) is 7.69. The second-order valence-electron chi connectivity index (χ2n) is 8.56. The molecule has 2 bridgehead atoms. The van der Waals surface area contributed by atoms with E-state index in [1.807, 2.05) is 36.1 Å². The van der Waals surface area contributed by atoms with Crippen molar-refractivity contribution in [2.24, 2.45) is 5.92 Å². The number of hydrogen-bond acceptors (Lipinski definition) is 2. The molecular formula is C25H24FN3O2. The zero-order valence-corrected chi connectivity index (χ0v) is 17.3. The van der Waals surface area contributed by atoms with E-state index in [0.717, 1.165) is 28.9 Å². The van der Waals surface area contributed by atoms with Gasteiger partial charge >= 0.3 is 6.03 Å². The Kier molecular flexibility index (Phi) is 4.85. The minimum absolute atomic E-state index is 0.0141. The molecule has 6 heteroatoms. The predicted octanol–water partition coefficient (Wildman–Crippen LogP) is 4.61. The topological polar surface area (TPSA) is 54.3 Å². The molecule has 158 valence electrons. The molecule has 5 nitrogen and oxygen atoms in total. The number of aromatic nitrogens is 1. The molecule has 1 N–H and O–H groups in total. The van der Waals surface area contributed by atoms with Crippen LogP contribution in [0, 0.1) is 18.7 Å². The van der Waals surface area contributed by atoms with Gasteiger partial charge in [0.15, 0.2) is 0 Å². The molecule has 0 radical (unpaired) electrons. The van der Waals surface area contributed by atoms with Crippen LogP contribution in [-0.2, 0) is 6.54 Å². The van der Waals surface area contributed by atoms with Gasteiger partial charge in [0.25, 0.3) is 5.56 Å². The second-order valence-corrected chi connectivity index (χ2v) is 8.56. The molecule has 2 amide bonds. The van der Waals surface area contributed by atoms with Crippen molar-refractivity contribution in [3.05, 3.63) is 88.1 Å². The van der Waals surface area contributed by atoms with Crippen molar-refractivity contribution in [2.45, 2.75) is 25.8 Å².